The molecule has 4 atom stereocenters. The molecule has 2 saturated heterocycles. The largest absolute Gasteiger partial charge is 0.434 e. The van der Waals surface area contributed by atoms with Gasteiger partial charge < -0.3 is 10.6 Å². The van der Waals surface area contributed by atoms with Crippen molar-refractivity contribution >= 4 is 46.5 Å². The van der Waals surface area contributed by atoms with Crippen LogP contribution in [0.2, 0.25) is 5.02 Å². The van der Waals surface area contributed by atoms with Gasteiger partial charge in [-0.3, -0.25) is 4.79 Å². The molecule has 3 heterocycles. The summed E-state index contributed by atoms with van der Waals surface area (Å²) in [6.45, 7) is 1.80. The van der Waals surface area contributed by atoms with E-state index in [0.717, 1.165) is 48.4 Å². The number of nitrogens with one attached hydrogen (secondary N) is 2. The number of hydrogen-bond acceptors (Lipinski definition) is 6. The zero-order valence-electron chi connectivity index (χ0n) is 21.5. The molecule has 12 heteroatoms. The van der Waals surface area contributed by atoms with Crippen molar-refractivity contribution in [3.63, 3.8) is 0 Å². The van der Waals surface area contributed by atoms with E-state index in [1.165, 1.54) is 12.5 Å². The molecule has 2 N–H and O–H groups in total. The van der Waals surface area contributed by atoms with E-state index in [1.807, 2.05) is 11.9 Å². The van der Waals surface area contributed by atoms with Gasteiger partial charge >= 0.3 is 6.18 Å². The van der Waals surface area contributed by atoms with Crippen LogP contribution >= 0.6 is 34.9 Å². The highest BCUT2D eigenvalue weighted by Crippen LogP contribution is 2.37. The zero-order valence-corrected chi connectivity index (χ0v) is 23.9. The first-order valence-electron chi connectivity index (χ1n) is 13.2. The third kappa shape index (κ3) is 7.17. The average Bonchev–Trinajstić information content (AvgIpc) is 3.34. The van der Waals surface area contributed by atoms with E-state index in [-0.39, 0.29) is 17.5 Å². The maximum Gasteiger partial charge on any atom is 0.434 e. The van der Waals surface area contributed by atoms with Crippen LogP contribution in [0.25, 0.3) is 0 Å². The van der Waals surface area contributed by atoms with E-state index in [2.05, 4.69) is 19.9 Å². The molecule has 0 saturated carbocycles. The zero-order chi connectivity index (χ0) is 28.3. The van der Waals surface area contributed by atoms with Gasteiger partial charge in [0.25, 0.3) is 0 Å². The minimum Gasteiger partial charge on any atom is -0.326 e. The molecule has 1 amide bonds. The molecule has 0 spiro atoms. The van der Waals surface area contributed by atoms with Gasteiger partial charge in [0.2, 0.25) is 5.91 Å². The second-order valence-corrected chi connectivity index (χ2v) is 12.5. The minimum absolute atomic E-state index is 0.166. The van der Waals surface area contributed by atoms with Crippen LogP contribution in [0.1, 0.15) is 53.4 Å². The lowest BCUT2D eigenvalue weighted by Gasteiger charge is -2.37. The van der Waals surface area contributed by atoms with Crippen molar-refractivity contribution in [2.45, 2.75) is 56.3 Å². The Morgan fingerprint density at radius 3 is 2.77 bits per heavy atom. The smallest absolute Gasteiger partial charge is 0.326 e. The Labute approximate surface area is 243 Å². The summed E-state index contributed by atoms with van der Waals surface area (Å²) < 4.78 is 57.2. The lowest BCUT2D eigenvalue weighted by molar-refractivity contribution is -0.140. The first-order chi connectivity index (χ1) is 19.2. The van der Waals surface area contributed by atoms with Crippen molar-refractivity contribution in [3.05, 3.63) is 80.5 Å². The minimum atomic E-state index is -4.58. The van der Waals surface area contributed by atoms with Crippen LogP contribution in [0.3, 0.4) is 0 Å². The summed E-state index contributed by atoms with van der Waals surface area (Å²) in [4.78, 5) is 17.1. The molecular weight excluding hydrogens is 584 g/mol. The number of piperazine rings is 1. The fourth-order valence-corrected chi connectivity index (χ4v) is 7.48. The van der Waals surface area contributed by atoms with Crippen LogP contribution in [-0.2, 0) is 17.4 Å². The average molecular weight is 613 g/mol. The van der Waals surface area contributed by atoms with E-state index < -0.39 is 29.5 Å². The molecule has 3 unspecified atom stereocenters. The third-order valence-corrected chi connectivity index (χ3v) is 9.76. The normalized spacial score (nSPS) is 22.0. The molecule has 214 valence electrons. The topological polar surface area (TPSA) is 57.3 Å². The monoisotopic (exact) mass is 612 g/mol. The lowest BCUT2D eigenvalue weighted by atomic mass is 9.95. The van der Waals surface area contributed by atoms with Gasteiger partial charge in [0, 0.05) is 64.9 Å². The molecule has 2 aliphatic heterocycles. The van der Waals surface area contributed by atoms with E-state index in [4.69, 9.17) is 11.6 Å². The van der Waals surface area contributed by atoms with Gasteiger partial charge in [0.05, 0.1) is 0 Å². The van der Waals surface area contributed by atoms with Crippen molar-refractivity contribution in [3.8, 4) is 0 Å². The fraction of sp³-hybridized carbons (Fsp3) is 0.429. The molecule has 3 aromatic rings. The third-order valence-electron chi connectivity index (χ3n) is 7.30. The number of thiazole rings is 1. The van der Waals surface area contributed by atoms with Gasteiger partial charge in [-0.05, 0) is 55.5 Å². The summed E-state index contributed by atoms with van der Waals surface area (Å²) in [5.41, 5.74) is 0.417. The van der Waals surface area contributed by atoms with E-state index in [1.54, 1.807) is 36.4 Å². The lowest BCUT2D eigenvalue weighted by Crippen LogP contribution is -2.53. The van der Waals surface area contributed by atoms with Crippen LogP contribution in [0, 0.1) is 5.82 Å². The van der Waals surface area contributed by atoms with Crippen molar-refractivity contribution in [1.29, 1.82) is 0 Å². The first-order valence-corrected chi connectivity index (χ1v) is 15.4. The van der Waals surface area contributed by atoms with Crippen molar-refractivity contribution < 1.29 is 22.4 Å². The number of halogens is 5. The molecular formula is C28H29ClF4N4OS2. The second kappa shape index (κ2) is 12.8. The summed E-state index contributed by atoms with van der Waals surface area (Å²) in [5, 5.41) is 8.01. The predicted molar refractivity (Wildman–Crippen MR) is 152 cm³/mol. The molecule has 40 heavy (non-hydrogen) atoms. The first kappa shape index (κ1) is 29.3. The Hall–Kier alpha value is -2.18. The Kier molecular flexibility index (Phi) is 9.36. The number of hydrogen-bond donors (Lipinski definition) is 2. The van der Waals surface area contributed by atoms with Crippen molar-refractivity contribution in [2.24, 2.45) is 0 Å². The summed E-state index contributed by atoms with van der Waals surface area (Å²) in [5.74, 6) is -0.488. The van der Waals surface area contributed by atoms with Gasteiger partial charge in [0.15, 0.2) is 5.69 Å². The number of rotatable bonds is 8. The standard InChI is InChI=1S/C28H29ClF4N4OS2/c29-18-8-6-17(7-9-18)22(27-36-25(16-39-27)28(31,32)33)13-26(38)35-24-5-1-4-23(30)21(24)11-10-20-14-34-19-3-2-12-40-37(20)15-19/h1,4-9,16,19-20,22,34H,2-3,10-15H2,(H,35,38)/t19-,20?,22?/m1/s1. The highest BCUT2D eigenvalue weighted by molar-refractivity contribution is 7.97. The Morgan fingerprint density at radius 2 is 2.02 bits per heavy atom. The number of carbonyl (C=O) groups excluding carboxylic acids is 1. The SMILES string of the molecule is O=C(CC(c1ccc(Cl)cc1)c1nc(C(F)(F)F)cs1)Nc1cccc(F)c1CCC1CN[C@@H]2CCCSN1C2. The maximum absolute atomic E-state index is 15.0. The number of benzene rings is 2. The number of carbonyl (C=O) groups is 1. The summed E-state index contributed by atoms with van der Waals surface area (Å²) in [7, 11) is 0. The van der Waals surface area contributed by atoms with Crippen LogP contribution in [0.15, 0.2) is 47.8 Å². The fourth-order valence-electron chi connectivity index (χ4n) is 5.19. The number of amides is 1. The maximum atomic E-state index is 15.0. The predicted octanol–water partition coefficient (Wildman–Crippen LogP) is 7.13. The molecule has 2 aliphatic rings. The molecule has 0 radical (unpaired) electrons. The molecule has 2 fully saturated rings. The van der Waals surface area contributed by atoms with E-state index >= 15 is 4.39 Å². The number of fused-ring (bicyclic) bond motifs is 2. The van der Waals surface area contributed by atoms with Gasteiger partial charge in [-0.2, -0.15) is 13.2 Å². The Balaban J connectivity index is 1.31. The number of alkyl halides is 3. The summed E-state index contributed by atoms with van der Waals surface area (Å²) >= 11 is 8.72. The van der Waals surface area contributed by atoms with Gasteiger partial charge in [-0.25, -0.2) is 13.7 Å². The Bertz CT molecular complexity index is 1320. The van der Waals surface area contributed by atoms with Crippen LogP contribution < -0.4 is 10.6 Å². The van der Waals surface area contributed by atoms with Gasteiger partial charge in [0.1, 0.15) is 10.8 Å². The highest BCUT2D eigenvalue weighted by Gasteiger charge is 2.35. The molecule has 0 aliphatic carbocycles. The number of aromatic nitrogens is 1. The Morgan fingerprint density at radius 1 is 1.23 bits per heavy atom. The van der Waals surface area contributed by atoms with Crippen LogP contribution in [0.4, 0.5) is 23.2 Å². The van der Waals surface area contributed by atoms with E-state index in [9.17, 15) is 18.0 Å². The van der Waals surface area contributed by atoms with Crippen molar-refractivity contribution in [1.82, 2.24) is 14.6 Å². The van der Waals surface area contributed by atoms with Crippen LogP contribution in [-0.4, -0.2) is 46.1 Å². The summed E-state index contributed by atoms with van der Waals surface area (Å²) in [6.07, 6.45) is -1.25. The quantitative estimate of drug-likeness (QED) is 0.209. The highest BCUT2D eigenvalue weighted by atomic mass is 35.5. The number of nitrogens with zero attached hydrogens (tertiary/aromatic N) is 2. The van der Waals surface area contributed by atoms with Gasteiger partial charge in [-0.1, -0.05) is 41.7 Å². The van der Waals surface area contributed by atoms with Gasteiger partial charge in [-0.15, -0.1) is 11.3 Å². The van der Waals surface area contributed by atoms with Crippen molar-refractivity contribution in [2.75, 3.05) is 24.2 Å². The summed E-state index contributed by atoms with van der Waals surface area (Å²) in [6, 6.07) is 11.9. The molecule has 5 nitrogen and oxygen atoms in total. The van der Waals surface area contributed by atoms with E-state index in [0.29, 0.717) is 34.3 Å². The molecule has 5 rings (SSSR count). The molecule has 2 bridgehead atoms. The number of anilines is 1. The van der Waals surface area contributed by atoms with Crippen LogP contribution in [0.5, 0.6) is 0 Å². The molecule has 1 aromatic heterocycles. The second-order valence-electron chi connectivity index (χ2n) is 10.1. The molecule has 2 aromatic carbocycles.